The fraction of sp³-hybridized carbons (Fsp3) is 0.474. The maximum atomic E-state index is 12.0. The van der Waals surface area contributed by atoms with Crippen molar-refractivity contribution in [3.8, 4) is 11.4 Å². The van der Waals surface area contributed by atoms with Gasteiger partial charge in [-0.2, -0.15) is 0 Å². The molecule has 2 aromatic rings. The number of amides is 2. The second-order valence-electron chi connectivity index (χ2n) is 6.48. The molecule has 5 heteroatoms. The monoisotopic (exact) mass is 326 g/mol. The first kappa shape index (κ1) is 16.6. The SMILES string of the molecule is Cc1cnc(-c2ccccc2)n1CCNC(=O)NC1CCCCC1. The predicted octanol–water partition coefficient (Wildman–Crippen LogP) is 3.49. The Morgan fingerprint density at radius 3 is 2.71 bits per heavy atom. The summed E-state index contributed by atoms with van der Waals surface area (Å²) in [5.74, 6) is 0.947. The first-order valence-corrected chi connectivity index (χ1v) is 8.86. The van der Waals surface area contributed by atoms with Crippen LogP contribution in [0.25, 0.3) is 11.4 Å². The number of benzene rings is 1. The molecule has 0 bridgehead atoms. The molecule has 1 saturated carbocycles. The minimum Gasteiger partial charge on any atom is -0.336 e. The first-order valence-electron chi connectivity index (χ1n) is 8.86. The average Bonchev–Trinajstić information content (AvgIpc) is 2.97. The molecule has 0 unspecified atom stereocenters. The van der Waals surface area contributed by atoms with Crippen LogP contribution in [0.3, 0.4) is 0 Å². The Labute approximate surface area is 143 Å². The molecule has 1 aliphatic rings. The smallest absolute Gasteiger partial charge is 0.315 e. The van der Waals surface area contributed by atoms with E-state index in [1.54, 1.807) is 0 Å². The number of hydrogen-bond donors (Lipinski definition) is 2. The molecule has 1 aromatic heterocycles. The average molecular weight is 326 g/mol. The van der Waals surface area contributed by atoms with Crippen LogP contribution in [0.15, 0.2) is 36.5 Å². The summed E-state index contributed by atoms with van der Waals surface area (Å²) in [6, 6.07) is 10.4. The number of aryl methyl sites for hydroxylation is 1. The van der Waals surface area contributed by atoms with E-state index in [-0.39, 0.29) is 6.03 Å². The quantitative estimate of drug-likeness (QED) is 0.883. The minimum atomic E-state index is -0.0547. The third-order valence-corrected chi connectivity index (χ3v) is 4.65. The summed E-state index contributed by atoms with van der Waals surface area (Å²) in [4.78, 5) is 16.5. The van der Waals surface area contributed by atoms with Gasteiger partial charge in [-0.15, -0.1) is 0 Å². The van der Waals surface area contributed by atoms with Crippen LogP contribution in [-0.2, 0) is 6.54 Å². The Kier molecular flexibility index (Phi) is 5.51. The normalized spacial score (nSPS) is 15.2. The molecule has 0 spiro atoms. The topological polar surface area (TPSA) is 59.0 Å². The van der Waals surface area contributed by atoms with E-state index in [0.717, 1.165) is 29.9 Å². The number of nitrogens with zero attached hydrogens (tertiary/aromatic N) is 2. The third-order valence-electron chi connectivity index (χ3n) is 4.65. The highest BCUT2D eigenvalue weighted by atomic mass is 16.2. The summed E-state index contributed by atoms with van der Waals surface area (Å²) < 4.78 is 2.15. The molecular formula is C19H26N4O. The summed E-state index contributed by atoms with van der Waals surface area (Å²) in [5, 5.41) is 6.06. The predicted molar refractivity (Wildman–Crippen MR) is 95.8 cm³/mol. The van der Waals surface area contributed by atoms with Gasteiger partial charge >= 0.3 is 6.03 Å². The summed E-state index contributed by atoms with van der Waals surface area (Å²) in [7, 11) is 0. The zero-order valence-corrected chi connectivity index (χ0v) is 14.3. The van der Waals surface area contributed by atoms with E-state index in [1.807, 2.05) is 31.3 Å². The molecule has 1 heterocycles. The van der Waals surface area contributed by atoms with Gasteiger partial charge in [-0.1, -0.05) is 49.6 Å². The van der Waals surface area contributed by atoms with Crippen molar-refractivity contribution >= 4 is 6.03 Å². The van der Waals surface area contributed by atoms with E-state index in [2.05, 4.69) is 32.3 Å². The molecule has 0 radical (unpaired) electrons. The van der Waals surface area contributed by atoms with Crippen LogP contribution in [0, 0.1) is 6.92 Å². The van der Waals surface area contributed by atoms with Gasteiger partial charge in [0.15, 0.2) is 0 Å². The molecular weight excluding hydrogens is 300 g/mol. The van der Waals surface area contributed by atoms with Gasteiger partial charge in [0.25, 0.3) is 0 Å². The van der Waals surface area contributed by atoms with Crippen molar-refractivity contribution in [2.45, 2.75) is 51.6 Å². The highest BCUT2D eigenvalue weighted by Gasteiger charge is 2.15. The summed E-state index contributed by atoms with van der Waals surface area (Å²) in [5.41, 5.74) is 2.19. The standard InChI is InChI=1S/C19H26N4O/c1-15-14-21-18(16-8-4-2-5-9-16)23(15)13-12-20-19(24)22-17-10-6-3-7-11-17/h2,4-5,8-9,14,17H,3,6-7,10-13H2,1H3,(H2,20,22,24). The van der Waals surface area contributed by atoms with Crippen molar-refractivity contribution in [1.29, 1.82) is 0 Å². The van der Waals surface area contributed by atoms with Gasteiger partial charge in [-0.3, -0.25) is 0 Å². The number of carbonyl (C=O) groups excluding carboxylic acids is 1. The number of carbonyl (C=O) groups is 1. The largest absolute Gasteiger partial charge is 0.336 e. The minimum absolute atomic E-state index is 0.0547. The number of nitrogens with one attached hydrogen (secondary N) is 2. The summed E-state index contributed by atoms with van der Waals surface area (Å²) in [6.45, 7) is 3.35. The number of rotatable bonds is 5. The molecule has 2 amide bonds. The van der Waals surface area contributed by atoms with Crippen LogP contribution < -0.4 is 10.6 Å². The Morgan fingerprint density at radius 1 is 1.21 bits per heavy atom. The highest BCUT2D eigenvalue weighted by molar-refractivity contribution is 5.74. The second kappa shape index (κ2) is 7.99. The molecule has 1 aliphatic carbocycles. The lowest BCUT2D eigenvalue weighted by atomic mass is 9.96. The molecule has 24 heavy (non-hydrogen) atoms. The maximum absolute atomic E-state index is 12.0. The molecule has 0 saturated heterocycles. The maximum Gasteiger partial charge on any atom is 0.315 e. The molecule has 128 valence electrons. The summed E-state index contributed by atoms with van der Waals surface area (Å²) >= 11 is 0. The molecule has 0 atom stereocenters. The molecule has 2 N–H and O–H groups in total. The van der Waals surface area contributed by atoms with Crippen LogP contribution in [0.2, 0.25) is 0 Å². The Morgan fingerprint density at radius 2 is 1.96 bits per heavy atom. The van der Waals surface area contributed by atoms with E-state index < -0.39 is 0 Å². The van der Waals surface area contributed by atoms with E-state index in [1.165, 1.54) is 19.3 Å². The molecule has 3 rings (SSSR count). The van der Waals surface area contributed by atoms with Crippen LogP contribution in [0.4, 0.5) is 4.79 Å². The molecule has 1 fully saturated rings. The van der Waals surface area contributed by atoms with Gasteiger partial charge < -0.3 is 15.2 Å². The Balaban J connectivity index is 1.53. The summed E-state index contributed by atoms with van der Waals surface area (Å²) in [6.07, 6.45) is 7.82. The number of urea groups is 1. The lowest BCUT2D eigenvalue weighted by Gasteiger charge is -2.23. The van der Waals surface area contributed by atoms with E-state index in [9.17, 15) is 4.79 Å². The van der Waals surface area contributed by atoms with Gasteiger partial charge in [0.2, 0.25) is 0 Å². The van der Waals surface area contributed by atoms with Crippen LogP contribution >= 0.6 is 0 Å². The van der Waals surface area contributed by atoms with Gasteiger partial charge in [0.1, 0.15) is 5.82 Å². The third kappa shape index (κ3) is 4.16. The van der Waals surface area contributed by atoms with Gasteiger partial charge in [-0.05, 0) is 19.8 Å². The Bertz CT molecular complexity index is 659. The lowest BCUT2D eigenvalue weighted by molar-refractivity contribution is 0.232. The molecule has 1 aromatic carbocycles. The zero-order chi connectivity index (χ0) is 16.8. The van der Waals surface area contributed by atoms with Crippen LogP contribution in [-0.4, -0.2) is 28.2 Å². The fourth-order valence-corrected chi connectivity index (χ4v) is 3.33. The van der Waals surface area contributed by atoms with Crippen molar-refractivity contribution in [3.63, 3.8) is 0 Å². The van der Waals surface area contributed by atoms with Crippen molar-refractivity contribution < 1.29 is 4.79 Å². The molecule has 0 aliphatic heterocycles. The number of hydrogen-bond acceptors (Lipinski definition) is 2. The van der Waals surface area contributed by atoms with Gasteiger partial charge in [0, 0.05) is 36.6 Å². The number of aromatic nitrogens is 2. The van der Waals surface area contributed by atoms with E-state index >= 15 is 0 Å². The van der Waals surface area contributed by atoms with Crippen molar-refractivity contribution in [3.05, 3.63) is 42.2 Å². The Hall–Kier alpha value is -2.30. The van der Waals surface area contributed by atoms with Crippen LogP contribution in [0.5, 0.6) is 0 Å². The van der Waals surface area contributed by atoms with E-state index in [0.29, 0.717) is 19.1 Å². The highest BCUT2D eigenvalue weighted by Crippen LogP contribution is 2.19. The second-order valence-corrected chi connectivity index (χ2v) is 6.48. The number of imidazole rings is 1. The zero-order valence-electron chi connectivity index (χ0n) is 14.3. The fourth-order valence-electron chi connectivity index (χ4n) is 3.33. The van der Waals surface area contributed by atoms with Crippen molar-refractivity contribution in [1.82, 2.24) is 20.2 Å². The first-order chi connectivity index (χ1) is 11.7. The van der Waals surface area contributed by atoms with Crippen LogP contribution in [0.1, 0.15) is 37.8 Å². The lowest BCUT2D eigenvalue weighted by Crippen LogP contribution is -2.43. The van der Waals surface area contributed by atoms with Crippen molar-refractivity contribution in [2.24, 2.45) is 0 Å². The van der Waals surface area contributed by atoms with Crippen molar-refractivity contribution in [2.75, 3.05) is 6.54 Å². The van der Waals surface area contributed by atoms with E-state index in [4.69, 9.17) is 0 Å². The molecule has 5 nitrogen and oxygen atoms in total. The van der Waals surface area contributed by atoms with Gasteiger partial charge in [0.05, 0.1) is 0 Å². The van der Waals surface area contributed by atoms with Gasteiger partial charge in [-0.25, -0.2) is 9.78 Å².